The van der Waals surface area contributed by atoms with E-state index in [1.54, 1.807) is 25.4 Å². The third-order valence-corrected chi connectivity index (χ3v) is 13.3. The number of allylic oxidation sites excluding steroid dienone is 2. The molecule has 2 aromatic heterocycles. The molecule has 0 bridgehead atoms. The number of ether oxygens (including phenoxy) is 1. The number of likely N-dealkylation sites (tertiary alicyclic amines) is 1. The molecule has 4 amide bonds. The number of benzene rings is 1. The standard InChI is InChI=1S/C37H46FN7O7S2/c1-22-32(53-21-40-22)34(48)42-28(12-8-6-4-5-7-10-24-14-15-24)36(49)45-20-25(52-35-23(2)41-27-13-9-11-26(38)31(27)43-35)18-29(45)33(47)39-19-30(46)44-54(50,51)37(3)16-17-37/h7,9-11,13,21,24-25,28-29H,4-6,8,12,14-20H2,1-3H3,(H,39,47)(H,42,48)(H,44,46)/b10-7-/t25-,28+,29+/m1/s1. The van der Waals surface area contributed by atoms with Crippen molar-refractivity contribution >= 4 is 56.0 Å². The molecular weight excluding hydrogens is 738 g/mol. The number of unbranched alkanes of at least 4 members (excludes halogenated alkanes) is 3. The third-order valence-electron chi connectivity index (χ3n) is 10.1. The van der Waals surface area contributed by atoms with E-state index >= 15 is 0 Å². The summed E-state index contributed by atoms with van der Waals surface area (Å²) in [6.07, 6.45) is 10.5. The molecule has 6 rings (SSSR count). The number of aryl methyl sites for hydroxylation is 2. The van der Waals surface area contributed by atoms with E-state index in [1.807, 2.05) is 4.72 Å². The van der Waals surface area contributed by atoms with E-state index in [1.165, 1.54) is 36.8 Å². The van der Waals surface area contributed by atoms with Gasteiger partial charge in [0.05, 0.1) is 34.6 Å². The Kier molecular flexibility index (Phi) is 12.0. The zero-order chi connectivity index (χ0) is 38.6. The Bertz CT molecular complexity index is 2050. The van der Waals surface area contributed by atoms with Gasteiger partial charge in [-0.25, -0.2) is 27.8 Å². The van der Waals surface area contributed by atoms with Crippen molar-refractivity contribution in [1.82, 2.24) is 35.2 Å². The number of hydrogen-bond acceptors (Lipinski definition) is 11. The molecule has 1 aliphatic heterocycles. The number of carbonyl (C=O) groups is 4. The van der Waals surface area contributed by atoms with Crippen molar-refractivity contribution in [1.29, 1.82) is 0 Å². The molecule has 14 nitrogen and oxygen atoms in total. The van der Waals surface area contributed by atoms with E-state index in [0.717, 1.165) is 30.6 Å². The zero-order valence-electron chi connectivity index (χ0n) is 30.6. The first-order valence-electron chi connectivity index (χ1n) is 18.3. The van der Waals surface area contributed by atoms with Crippen LogP contribution in [0.1, 0.15) is 92.2 Å². The van der Waals surface area contributed by atoms with Gasteiger partial charge in [0.2, 0.25) is 27.7 Å². The lowest BCUT2D eigenvalue weighted by atomic mass is 10.0. The molecule has 2 aliphatic carbocycles. The highest BCUT2D eigenvalue weighted by atomic mass is 32.2. The minimum Gasteiger partial charge on any atom is -0.471 e. The first-order chi connectivity index (χ1) is 25.7. The molecule has 3 atom stereocenters. The average Bonchev–Trinajstić information content (AvgIpc) is 4.02. The summed E-state index contributed by atoms with van der Waals surface area (Å²) in [5.74, 6) is -2.46. The van der Waals surface area contributed by atoms with Crippen LogP contribution in [0.4, 0.5) is 4.39 Å². The van der Waals surface area contributed by atoms with Gasteiger partial charge in [-0.15, -0.1) is 11.3 Å². The van der Waals surface area contributed by atoms with Gasteiger partial charge in [-0.1, -0.05) is 31.1 Å². The van der Waals surface area contributed by atoms with Gasteiger partial charge in [0.25, 0.3) is 11.8 Å². The third kappa shape index (κ3) is 9.40. The second-order valence-electron chi connectivity index (χ2n) is 14.6. The summed E-state index contributed by atoms with van der Waals surface area (Å²) in [5.41, 5.74) is 2.79. The fraction of sp³-hybridized carbons (Fsp3) is 0.541. The molecule has 290 valence electrons. The Balaban J connectivity index is 1.19. The molecule has 1 aromatic carbocycles. The highest BCUT2D eigenvalue weighted by Gasteiger charge is 2.51. The average molecular weight is 784 g/mol. The summed E-state index contributed by atoms with van der Waals surface area (Å²) >= 11 is 1.16. The molecule has 3 heterocycles. The molecule has 2 saturated carbocycles. The zero-order valence-corrected chi connectivity index (χ0v) is 32.2. The maximum Gasteiger partial charge on any atom is 0.263 e. The predicted octanol–water partition coefficient (Wildman–Crippen LogP) is 4.02. The molecule has 1 saturated heterocycles. The van der Waals surface area contributed by atoms with Crippen LogP contribution >= 0.6 is 11.3 Å². The first kappa shape index (κ1) is 39.2. The number of rotatable bonds is 17. The Hall–Kier alpha value is -4.51. The fourth-order valence-electron chi connectivity index (χ4n) is 6.37. The number of nitrogens with one attached hydrogen (secondary N) is 3. The van der Waals surface area contributed by atoms with E-state index in [9.17, 15) is 32.0 Å². The van der Waals surface area contributed by atoms with E-state index in [0.29, 0.717) is 53.4 Å². The smallest absolute Gasteiger partial charge is 0.263 e. The second kappa shape index (κ2) is 16.5. The largest absolute Gasteiger partial charge is 0.471 e. The molecule has 0 unspecified atom stereocenters. The quantitative estimate of drug-likeness (QED) is 0.133. The number of amides is 4. The molecule has 0 radical (unpaired) electrons. The number of thiazole rings is 1. The monoisotopic (exact) mass is 783 g/mol. The van der Waals surface area contributed by atoms with Gasteiger partial charge < -0.3 is 20.3 Å². The van der Waals surface area contributed by atoms with Crippen molar-refractivity contribution in [2.75, 3.05) is 13.1 Å². The normalized spacial score (nSPS) is 19.8. The predicted molar refractivity (Wildman–Crippen MR) is 200 cm³/mol. The number of aromatic nitrogens is 3. The summed E-state index contributed by atoms with van der Waals surface area (Å²) in [7, 11) is -3.93. The van der Waals surface area contributed by atoms with Crippen LogP contribution < -0.4 is 20.1 Å². The van der Waals surface area contributed by atoms with Crippen molar-refractivity contribution in [2.24, 2.45) is 5.92 Å². The van der Waals surface area contributed by atoms with E-state index in [-0.39, 0.29) is 24.4 Å². The maximum atomic E-state index is 14.6. The van der Waals surface area contributed by atoms with Crippen LogP contribution in [0, 0.1) is 25.6 Å². The molecular formula is C37H46FN7O7S2. The Morgan fingerprint density at radius 2 is 1.89 bits per heavy atom. The molecule has 0 spiro atoms. The Morgan fingerprint density at radius 3 is 2.59 bits per heavy atom. The van der Waals surface area contributed by atoms with Gasteiger partial charge in [-0.2, -0.15) is 0 Å². The number of para-hydroxylation sites is 1. The van der Waals surface area contributed by atoms with Crippen molar-refractivity contribution in [3.05, 3.63) is 57.9 Å². The van der Waals surface area contributed by atoms with Gasteiger partial charge in [-0.3, -0.25) is 23.9 Å². The molecule has 3 N–H and O–H groups in total. The van der Waals surface area contributed by atoms with Gasteiger partial charge in [0, 0.05) is 6.42 Å². The summed E-state index contributed by atoms with van der Waals surface area (Å²) in [6.45, 7) is 4.16. The lowest BCUT2D eigenvalue weighted by Crippen LogP contribution is -2.54. The number of fused-ring (bicyclic) bond motifs is 1. The van der Waals surface area contributed by atoms with Gasteiger partial charge >= 0.3 is 0 Å². The summed E-state index contributed by atoms with van der Waals surface area (Å²) in [4.78, 5) is 68.8. The summed E-state index contributed by atoms with van der Waals surface area (Å²) in [6, 6.07) is 2.24. The minimum absolute atomic E-state index is 0.00325. The lowest BCUT2D eigenvalue weighted by Gasteiger charge is -2.28. The van der Waals surface area contributed by atoms with Crippen molar-refractivity contribution in [3.63, 3.8) is 0 Å². The van der Waals surface area contributed by atoms with Crippen molar-refractivity contribution < 1.29 is 36.7 Å². The topological polar surface area (TPSA) is 190 Å². The van der Waals surface area contributed by atoms with Gasteiger partial charge in [0.15, 0.2) is 5.82 Å². The molecule has 3 aliphatic rings. The number of carbonyl (C=O) groups excluding carboxylic acids is 4. The van der Waals surface area contributed by atoms with E-state index < -0.39 is 68.9 Å². The van der Waals surface area contributed by atoms with Crippen LogP contribution in [0.15, 0.2) is 35.9 Å². The van der Waals surface area contributed by atoms with Crippen LogP contribution in [0.25, 0.3) is 11.0 Å². The van der Waals surface area contributed by atoms with Crippen molar-refractivity contribution in [3.8, 4) is 5.88 Å². The molecule has 3 fully saturated rings. The summed E-state index contributed by atoms with van der Waals surface area (Å²) in [5, 5.41) is 5.36. The maximum absolute atomic E-state index is 14.6. The van der Waals surface area contributed by atoms with Gasteiger partial charge in [-0.05, 0) is 83.8 Å². The summed E-state index contributed by atoms with van der Waals surface area (Å²) < 4.78 is 47.0. The number of sulfonamides is 1. The Labute approximate surface area is 317 Å². The highest BCUT2D eigenvalue weighted by Crippen LogP contribution is 2.42. The highest BCUT2D eigenvalue weighted by molar-refractivity contribution is 7.91. The lowest BCUT2D eigenvalue weighted by molar-refractivity contribution is -0.140. The van der Waals surface area contributed by atoms with Crippen molar-refractivity contribution in [2.45, 2.75) is 108 Å². The number of nitrogens with zero attached hydrogens (tertiary/aromatic N) is 4. The fourth-order valence-corrected chi connectivity index (χ4v) is 8.33. The van der Waals surface area contributed by atoms with E-state index in [4.69, 9.17) is 4.74 Å². The van der Waals surface area contributed by atoms with E-state index in [2.05, 4.69) is 37.7 Å². The van der Waals surface area contributed by atoms with Crippen LogP contribution in [0.2, 0.25) is 0 Å². The molecule has 54 heavy (non-hydrogen) atoms. The molecule has 3 aromatic rings. The Morgan fingerprint density at radius 1 is 1.11 bits per heavy atom. The molecule has 17 heteroatoms. The van der Waals surface area contributed by atoms with Crippen LogP contribution in [-0.4, -0.2) is 87.9 Å². The van der Waals surface area contributed by atoms with Crippen LogP contribution in [0.3, 0.4) is 0 Å². The number of hydrogen-bond donors (Lipinski definition) is 3. The van der Waals surface area contributed by atoms with Crippen LogP contribution in [0.5, 0.6) is 5.88 Å². The second-order valence-corrected chi connectivity index (χ2v) is 17.6. The SMILES string of the molecule is Cc1nc2cccc(F)c2nc1O[C@@H]1C[C@@H](C(=O)NCC(=O)NS(=O)(=O)C2(C)CC2)N(C(=O)[C@H](CCCCC/C=C\C2CC2)NC(=O)c2scnc2C)C1. The minimum atomic E-state index is -3.93. The van der Waals surface area contributed by atoms with Crippen LogP contribution in [-0.2, 0) is 24.4 Å². The number of halogens is 1. The van der Waals surface area contributed by atoms with Gasteiger partial charge in [0.1, 0.15) is 34.3 Å². The first-order valence-corrected chi connectivity index (χ1v) is 20.7.